The fourth-order valence-corrected chi connectivity index (χ4v) is 4.99. The van der Waals surface area contributed by atoms with Gasteiger partial charge in [0.25, 0.3) is 5.56 Å². The van der Waals surface area contributed by atoms with Crippen molar-refractivity contribution in [1.82, 2.24) is 34.6 Å². The highest BCUT2D eigenvalue weighted by molar-refractivity contribution is 5.80. The van der Waals surface area contributed by atoms with Crippen LogP contribution in [0.2, 0.25) is 0 Å². The number of rotatable bonds is 5. The van der Waals surface area contributed by atoms with E-state index in [0.717, 1.165) is 36.0 Å². The molecule has 208 valence electrons. The largest absolute Gasteiger partial charge is 0.444 e. The molecule has 0 spiro atoms. The zero-order valence-electron chi connectivity index (χ0n) is 23.6. The average molecular weight is 543 g/mol. The molecule has 3 aromatic heterocycles. The van der Waals surface area contributed by atoms with Gasteiger partial charge >= 0.3 is 6.09 Å². The second-order valence-electron chi connectivity index (χ2n) is 10.9. The number of nitrogens with zero attached hydrogens (tertiary/aromatic N) is 7. The minimum absolute atomic E-state index is 0.114. The van der Waals surface area contributed by atoms with Crippen LogP contribution in [0.1, 0.15) is 52.1 Å². The van der Waals surface area contributed by atoms with E-state index < -0.39 is 11.7 Å². The maximum absolute atomic E-state index is 13.7. The van der Waals surface area contributed by atoms with Gasteiger partial charge in [0.1, 0.15) is 23.2 Å². The lowest BCUT2D eigenvalue weighted by atomic mass is 10.1. The molecule has 11 nitrogen and oxygen atoms in total. The summed E-state index contributed by atoms with van der Waals surface area (Å²) in [6.45, 7) is 10.9. The minimum atomic E-state index is -0.575. The van der Waals surface area contributed by atoms with Crippen molar-refractivity contribution in [2.24, 2.45) is 0 Å². The van der Waals surface area contributed by atoms with Gasteiger partial charge in [0, 0.05) is 30.2 Å². The molecule has 1 atom stereocenters. The number of hydrogen-bond donors (Lipinski definition) is 1. The molecule has 1 fully saturated rings. The highest BCUT2D eigenvalue weighted by atomic mass is 16.6. The number of anilines is 1. The first-order valence-electron chi connectivity index (χ1n) is 13.5. The molecule has 1 saturated heterocycles. The van der Waals surface area contributed by atoms with Gasteiger partial charge in [0.15, 0.2) is 5.82 Å². The molecule has 1 aliphatic heterocycles. The van der Waals surface area contributed by atoms with Crippen LogP contribution in [0.3, 0.4) is 0 Å². The highest BCUT2D eigenvalue weighted by Gasteiger charge is 2.28. The van der Waals surface area contributed by atoms with Gasteiger partial charge in [-0.15, -0.1) is 5.92 Å². The van der Waals surface area contributed by atoms with Crippen molar-refractivity contribution in [1.29, 1.82) is 0 Å². The third kappa shape index (κ3) is 5.76. The number of ether oxygens (including phenoxy) is 1. The standard InChI is InChI=1S/C29H34N8O3/c1-6-7-15-36-25-23(34-27(36)35-14-10-11-20(17-35)32-28(39)40-29(3,4)5)16-30-37(26(25)38)18-24-31-19(2)21-12-8-9-13-22(21)33-24/h8-9,12-13,16,20H,10-11,14-15,17-18H2,1-5H3,(H,32,39). The Kier molecular flexibility index (Phi) is 7.43. The van der Waals surface area contributed by atoms with Crippen LogP contribution in [0.25, 0.3) is 21.9 Å². The summed E-state index contributed by atoms with van der Waals surface area (Å²) < 4.78 is 8.66. The maximum atomic E-state index is 13.7. The predicted molar refractivity (Wildman–Crippen MR) is 153 cm³/mol. The molecule has 0 aliphatic carbocycles. The Bertz CT molecular complexity index is 1690. The van der Waals surface area contributed by atoms with Crippen molar-refractivity contribution in [2.45, 2.75) is 72.2 Å². The first-order chi connectivity index (χ1) is 19.1. The number of imidazole rings is 1. The molecule has 0 bridgehead atoms. The Morgan fingerprint density at radius 3 is 2.75 bits per heavy atom. The first kappa shape index (κ1) is 27.1. The second kappa shape index (κ2) is 11.0. The van der Waals surface area contributed by atoms with Crippen molar-refractivity contribution < 1.29 is 9.53 Å². The summed E-state index contributed by atoms with van der Waals surface area (Å²) in [7, 11) is 0. The monoisotopic (exact) mass is 542 g/mol. The summed E-state index contributed by atoms with van der Waals surface area (Å²) in [4.78, 5) is 42.3. The molecule has 40 heavy (non-hydrogen) atoms. The Labute approximate surface area is 232 Å². The molecule has 4 heterocycles. The van der Waals surface area contributed by atoms with E-state index in [2.05, 4.69) is 37.1 Å². The lowest BCUT2D eigenvalue weighted by Gasteiger charge is -2.34. The third-order valence-electron chi connectivity index (χ3n) is 6.70. The zero-order chi connectivity index (χ0) is 28.4. The van der Waals surface area contributed by atoms with Crippen molar-refractivity contribution in [3.63, 3.8) is 0 Å². The summed E-state index contributed by atoms with van der Waals surface area (Å²) in [5.41, 5.74) is 1.72. The van der Waals surface area contributed by atoms with Gasteiger partial charge in [-0.2, -0.15) is 5.10 Å². The fourth-order valence-electron chi connectivity index (χ4n) is 4.99. The molecule has 0 saturated carbocycles. The number of alkyl carbamates (subject to hydrolysis) is 1. The SMILES string of the molecule is CC#CCn1c(N2CCCC(NC(=O)OC(C)(C)C)C2)nc2cnn(Cc3nc(C)c4ccccc4n3)c(=O)c21. The minimum Gasteiger partial charge on any atom is -0.444 e. The fraction of sp³-hybridized carbons (Fsp3) is 0.448. The Hall–Kier alpha value is -4.46. The molecule has 1 N–H and O–H groups in total. The van der Waals surface area contributed by atoms with E-state index in [0.29, 0.717) is 35.9 Å². The van der Waals surface area contributed by atoms with Gasteiger partial charge in [-0.05, 0) is 53.5 Å². The number of aromatic nitrogens is 6. The van der Waals surface area contributed by atoms with Crippen molar-refractivity contribution in [3.05, 3.63) is 52.3 Å². The Morgan fingerprint density at radius 1 is 1.18 bits per heavy atom. The maximum Gasteiger partial charge on any atom is 0.407 e. The van der Waals surface area contributed by atoms with Crippen LogP contribution in [0.5, 0.6) is 0 Å². The van der Waals surface area contributed by atoms with Crippen LogP contribution >= 0.6 is 0 Å². The van der Waals surface area contributed by atoms with Crippen LogP contribution in [-0.2, 0) is 17.8 Å². The summed E-state index contributed by atoms with van der Waals surface area (Å²) in [6.07, 6.45) is 2.83. The van der Waals surface area contributed by atoms with E-state index in [1.807, 2.05) is 56.5 Å². The number of fused-ring (bicyclic) bond motifs is 2. The van der Waals surface area contributed by atoms with Crippen molar-refractivity contribution >= 4 is 34.0 Å². The lowest BCUT2D eigenvalue weighted by Crippen LogP contribution is -2.49. The molecule has 4 aromatic rings. The van der Waals surface area contributed by atoms with Crippen LogP contribution < -0.4 is 15.8 Å². The Balaban J connectivity index is 1.47. The normalized spacial score (nSPS) is 15.6. The molecule has 11 heteroatoms. The Morgan fingerprint density at radius 2 is 1.98 bits per heavy atom. The van der Waals surface area contributed by atoms with E-state index in [9.17, 15) is 9.59 Å². The molecule has 1 amide bonds. The smallest absolute Gasteiger partial charge is 0.407 e. The molecule has 1 unspecified atom stereocenters. The van der Waals surface area contributed by atoms with E-state index in [4.69, 9.17) is 9.72 Å². The topological polar surface area (TPSA) is 120 Å². The molecule has 1 aromatic carbocycles. The van der Waals surface area contributed by atoms with E-state index in [-0.39, 0.29) is 18.1 Å². The van der Waals surface area contributed by atoms with Crippen LogP contribution in [0, 0.1) is 18.8 Å². The molecule has 1 aliphatic rings. The number of aryl methyl sites for hydroxylation is 1. The summed E-state index contributed by atoms with van der Waals surface area (Å²) in [5.74, 6) is 7.14. The van der Waals surface area contributed by atoms with Gasteiger partial charge < -0.3 is 15.0 Å². The van der Waals surface area contributed by atoms with Gasteiger partial charge in [-0.25, -0.2) is 24.4 Å². The zero-order valence-corrected chi connectivity index (χ0v) is 23.6. The number of carbonyl (C=O) groups is 1. The number of piperidine rings is 1. The number of carbonyl (C=O) groups excluding carboxylic acids is 1. The van der Waals surface area contributed by atoms with Crippen LogP contribution in [-0.4, -0.2) is 60.1 Å². The number of nitrogens with one attached hydrogen (secondary N) is 1. The molecule has 5 rings (SSSR count). The van der Waals surface area contributed by atoms with Crippen molar-refractivity contribution in [3.8, 4) is 11.8 Å². The summed E-state index contributed by atoms with van der Waals surface area (Å²) >= 11 is 0. The average Bonchev–Trinajstić information content (AvgIpc) is 3.27. The van der Waals surface area contributed by atoms with E-state index >= 15 is 0 Å². The number of amides is 1. The van der Waals surface area contributed by atoms with Crippen LogP contribution in [0.15, 0.2) is 35.3 Å². The summed E-state index contributed by atoms with van der Waals surface area (Å²) in [6, 6.07) is 7.68. The van der Waals surface area contributed by atoms with Gasteiger partial charge in [-0.3, -0.25) is 9.36 Å². The van der Waals surface area contributed by atoms with E-state index in [1.54, 1.807) is 13.1 Å². The quantitative estimate of drug-likeness (QED) is 0.381. The third-order valence-corrected chi connectivity index (χ3v) is 6.70. The molecular formula is C29H34N8O3. The molecule has 0 radical (unpaired) electrons. The second-order valence-corrected chi connectivity index (χ2v) is 10.9. The first-order valence-corrected chi connectivity index (χ1v) is 13.5. The van der Waals surface area contributed by atoms with Crippen molar-refractivity contribution in [2.75, 3.05) is 18.0 Å². The van der Waals surface area contributed by atoms with Gasteiger partial charge in [0.05, 0.1) is 18.3 Å². The van der Waals surface area contributed by atoms with E-state index in [1.165, 1.54) is 4.68 Å². The predicted octanol–water partition coefficient (Wildman–Crippen LogP) is 3.41. The van der Waals surface area contributed by atoms with Gasteiger partial charge in [0.2, 0.25) is 5.95 Å². The number of para-hydroxylation sites is 1. The lowest BCUT2D eigenvalue weighted by molar-refractivity contribution is 0.0499. The number of benzene rings is 1. The number of hydrogen-bond acceptors (Lipinski definition) is 8. The van der Waals surface area contributed by atoms with Crippen LogP contribution in [0.4, 0.5) is 10.7 Å². The van der Waals surface area contributed by atoms with Gasteiger partial charge in [-0.1, -0.05) is 24.1 Å². The highest BCUT2D eigenvalue weighted by Crippen LogP contribution is 2.24. The summed E-state index contributed by atoms with van der Waals surface area (Å²) in [5, 5.41) is 8.35. The molecular weight excluding hydrogens is 508 g/mol.